The summed E-state index contributed by atoms with van der Waals surface area (Å²) >= 11 is 2.38. The maximum absolute atomic E-state index is 13.3. The zero-order chi connectivity index (χ0) is 12.4. The lowest BCUT2D eigenvalue weighted by Gasteiger charge is -2.21. The molecule has 0 saturated carbocycles. The molecule has 0 radical (unpaired) electrons. The average molecular weight is 274 g/mol. The van der Waals surface area contributed by atoms with Gasteiger partial charge in [-0.3, -0.25) is 9.59 Å². The van der Waals surface area contributed by atoms with Crippen LogP contribution in [0, 0.1) is 11.6 Å². The summed E-state index contributed by atoms with van der Waals surface area (Å²) in [5.41, 5.74) is -0.0907. The fraction of sp³-hybridized carbons (Fsp3) is 0.273. The van der Waals surface area contributed by atoms with E-state index in [1.165, 1.54) is 23.5 Å². The molecule has 1 aliphatic rings. The van der Waals surface area contributed by atoms with E-state index in [9.17, 15) is 18.4 Å². The molecule has 0 atom stereocenters. The summed E-state index contributed by atoms with van der Waals surface area (Å²) in [6, 6.07) is 2.91. The normalized spacial score (nSPS) is 15.8. The van der Waals surface area contributed by atoms with Crippen LogP contribution in [-0.4, -0.2) is 14.8 Å². The fourth-order valence-electron chi connectivity index (χ4n) is 1.44. The molecule has 0 amide bonds. The standard InChI is InChI=1S/C11H8F2O2S2/c12-6-1-2-7(8(13)5-6)9(14)3-4-10-16-11(15)17-10/h1-2,5,10H,3-4H2. The second-order valence-electron chi connectivity index (χ2n) is 3.50. The van der Waals surface area contributed by atoms with Crippen molar-refractivity contribution in [1.29, 1.82) is 0 Å². The van der Waals surface area contributed by atoms with Crippen molar-refractivity contribution in [3.8, 4) is 0 Å². The van der Waals surface area contributed by atoms with Gasteiger partial charge in [0.1, 0.15) is 11.6 Å². The topological polar surface area (TPSA) is 34.1 Å². The fourth-order valence-corrected chi connectivity index (χ4v) is 3.29. The first-order valence-corrected chi connectivity index (χ1v) is 6.68. The van der Waals surface area contributed by atoms with E-state index in [2.05, 4.69) is 0 Å². The monoisotopic (exact) mass is 274 g/mol. The van der Waals surface area contributed by atoms with Gasteiger partial charge in [0.15, 0.2) is 5.78 Å². The lowest BCUT2D eigenvalue weighted by atomic mass is 10.1. The van der Waals surface area contributed by atoms with Gasteiger partial charge in [0, 0.05) is 12.5 Å². The molecule has 0 N–H and O–H groups in total. The molecule has 6 heteroatoms. The Morgan fingerprint density at radius 2 is 2.00 bits per heavy atom. The second-order valence-corrected chi connectivity index (χ2v) is 6.41. The van der Waals surface area contributed by atoms with Crippen LogP contribution in [0.3, 0.4) is 0 Å². The maximum Gasteiger partial charge on any atom is 0.248 e. The molecule has 0 bridgehead atoms. The molecule has 2 nitrogen and oxygen atoms in total. The molecule has 0 aromatic heterocycles. The number of hydrogen-bond acceptors (Lipinski definition) is 4. The Hall–Kier alpha value is -0.880. The van der Waals surface area contributed by atoms with Crippen LogP contribution in [0.1, 0.15) is 23.2 Å². The van der Waals surface area contributed by atoms with E-state index in [1.54, 1.807) is 0 Å². The Morgan fingerprint density at radius 1 is 1.29 bits per heavy atom. The van der Waals surface area contributed by atoms with Gasteiger partial charge in [-0.05, 0) is 18.6 Å². The molecule has 1 aromatic rings. The summed E-state index contributed by atoms with van der Waals surface area (Å²) in [4.78, 5) is 22.3. The quantitative estimate of drug-likeness (QED) is 0.781. The highest BCUT2D eigenvalue weighted by atomic mass is 32.3. The van der Waals surface area contributed by atoms with Gasteiger partial charge in [0.25, 0.3) is 0 Å². The number of hydrogen-bond donors (Lipinski definition) is 0. The predicted molar refractivity (Wildman–Crippen MR) is 64.3 cm³/mol. The first-order chi connectivity index (χ1) is 8.06. The van der Waals surface area contributed by atoms with Crippen LogP contribution in [0.15, 0.2) is 18.2 Å². The average Bonchev–Trinajstić information content (AvgIpc) is 2.22. The molecular formula is C11H8F2O2S2. The molecule has 0 unspecified atom stereocenters. The van der Waals surface area contributed by atoms with E-state index in [4.69, 9.17) is 0 Å². The Morgan fingerprint density at radius 3 is 2.59 bits per heavy atom. The van der Waals surface area contributed by atoms with E-state index >= 15 is 0 Å². The van der Waals surface area contributed by atoms with Crippen molar-refractivity contribution >= 4 is 33.8 Å². The molecular weight excluding hydrogens is 266 g/mol. The Kier molecular flexibility index (Phi) is 3.83. The minimum Gasteiger partial charge on any atom is -0.294 e. The zero-order valence-corrected chi connectivity index (χ0v) is 10.2. The molecule has 17 heavy (non-hydrogen) atoms. The van der Waals surface area contributed by atoms with Gasteiger partial charge in [-0.2, -0.15) is 0 Å². The maximum atomic E-state index is 13.3. The van der Waals surface area contributed by atoms with Crippen LogP contribution in [0.25, 0.3) is 0 Å². The molecule has 1 fully saturated rings. The Bertz CT molecular complexity index is 469. The molecule has 1 aliphatic heterocycles. The Labute approximate surface area is 105 Å². The third-order valence-electron chi connectivity index (χ3n) is 2.29. The first-order valence-electron chi connectivity index (χ1n) is 4.92. The lowest BCUT2D eigenvalue weighted by molar-refractivity contribution is 0.0977. The predicted octanol–water partition coefficient (Wildman–Crippen LogP) is 3.85. The largest absolute Gasteiger partial charge is 0.294 e. The number of carbonyl (C=O) groups excluding carboxylic acids is 2. The second kappa shape index (κ2) is 5.18. The molecule has 90 valence electrons. The van der Waals surface area contributed by atoms with Crippen molar-refractivity contribution in [3.05, 3.63) is 35.4 Å². The number of thioether (sulfide) groups is 2. The van der Waals surface area contributed by atoms with E-state index in [1.807, 2.05) is 0 Å². The number of carbonyl (C=O) groups is 2. The van der Waals surface area contributed by atoms with E-state index in [-0.39, 0.29) is 26.8 Å². The first kappa shape index (κ1) is 12.6. The van der Waals surface area contributed by atoms with Crippen molar-refractivity contribution in [2.75, 3.05) is 0 Å². The van der Waals surface area contributed by atoms with E-state index in [0.717, 1.165) is 12.1 Å². The SMILES string of the molecule is O=C1SC(CCC(=O)c2ccc(F)cc2F)S1. The molecule has 0 aliphatic carbocycles. The minimum atomic E-state index is -0.833. The van der Waals surface area contributed by atoms with Gasteiger partial charge in [-0.15, -0.1) is 0 Å². The van der Waals surface area contributed by atoms with Gasteiger partial charge in [0.05, 0.1) is 10.1 Å². The van der Waals surface area contributed by atoms with Crippen molar-refractivity contribution in [2.45, 2.75) is 17.4 Å². The van der Waals surface area contributed by atoms with Crippen LogP contribution >= 0.6 is 23.5 Å². The Balaban J connectivity index is 1.93. The smallest absolute Gasteiger partial charge is 0.248 e. The summed E-state index contributed by atoms with van der Waals surface area (Å²) in [6.45, 7) is 0. The third kappa shape index (κ3) is 3.07. The van der Waals surface area contributed by atoms with Gasteiger partial charge in [-0.25, -0.2) is 8.78 Å². The third-order valence-corrected chi connectivity index (χ3v) is 4.83. The molecule has 0 spiro atoms. The van der Waals surface area contributed by atoms with Crippen LogP contribution in [0.5, 0.6) is 0 Å². The van der Waals surface area contributed by atoms with Crippen molar-refractivity contribution < 1.29 is 18.4 Å². The molecule has 1 aromatic carbocycles. The summed E-state index contributed by atoms with van der Waals surface area (Å²) in [6.07, 6.45) is 0.692. The van der Waals surface area contributed by atoms with Gasteiger partial charge < -0.3 is 0 Å². The lowest BCUT2D eigenvalue weighted by Crippen LogP contribution is -2.14. The number of ketones is 1. The highest BCUT2D eigenvalue weighted by Crippen LogP contribution is 2.44. The molecule has 2 rings (SSSR count). The summed E-state index contributed by atoms with van der Waals surface area (Å²) in [5.74, 6) is -1.89. The van der Waals surface area contributed by atoms with Crippen molar-refractivity contribution in [3.63, 3.8) is 0 Å². The van der Waals surface area contributed by atoms with Crippen molar-refractivity contribution in [2.24, 2.45) is 0 Å². The molecule has 1 heterocycles. The number of Topliss-reactive ketones (excluding diaryl/α,β-unsaturated/α-hetero) is 1. The van der Waals surface area contributed by atoms with Crippen LogP contribution in [0.4, 0.5) is 13.6 Å². The van der Waals surface area contributed by atoms with E-state index < -0.39 is 11.6 Å². The highest BCUT2D eigenvalue weighted by Gasteiger charge is 2.29. The highest BCUT2D eigenvalue weighted by molar-refractivity contribution is 8.53. The number of halogens is 2. The van der Waals surface area contributed by atoms with Gasteiger partial charge >= 0.3 is 0 Å². The molecule has 1 saturated heterocycles. The zero-order valence-electron chi connectivity index (χ0n) is 8.61. The van der Waals surface area contributed by atoms with Crippen LogP contribution < -0.4 is 0 Å². The van der Waals surface area contributed by atoms with Gasteiger partial charge in [-0.1, -0.05) is 23.5 Å². The van der Waals surface area contributed by atoms with E-state index in [0.29, 0.717) is 12.5 Å². The summed E-state index contributed by atoms with van der Waals surface area (Å²) < 4.78 is 26.0. The van der Waals surface area contributed by atoms with Crippen LogP contribution in [0.2, 0.25) is 0 Å². The number of benzene rings is 1. The number of rotatable bonds is 4. The van der Waals surface area contributed by atoms with Crippen LogP contribution in [-0.2, 0) is 0 Å². The van der Waals surface area contributed by atoms with Gasteiger partial charge in [0.2, 0.25) is 4.45 Å². The minimum absolute atomic E-state index is 0.0513. The summed E-state index contributed by atoms with van der Waals surface area (Å²) in [7, 11) is 0. The van der Waals surface area contributed by atoms with Crippen molar-refractivity contribution in [1.82, 2.24) is 0 Å². The summed E-state index contributed by atoms with van der Waals surface area (Å²) in [5, 5.41) is 0.